The molecule has 2 aromatic carbocycles. The highest BCUT2D eigenvalue weighted by atomic mass is 19.4. The summed E-state index contributed by atoms with van der Waals surface area (Å²) < 4.78 is 43.8. The minimum absolute atomic E-state index is 0.105. The summed E-state index contributed by atoms with van der Waals surface area (Å²) in [6.07, 6.45) is -2.83. The molecule has 0 atom stereocenters. The fraction of sp³-hybridized carbons (Fsp3) is 0.273. The predicted octanol–water partition coefficient (Wildman–Crippen LogP) is 5.29. The Morgan fingerprint density at radius 2 is 1.77 bits per heavy atom. The molecule has 0 aliphatic carbocycles. The quantitative estimate of drug-likeness (QED) is 0.644. The van der Waals surface area contributed by atoms with Crippen LogP contribution in [0.4, 0.5) is 35.0 Å². The van der Waals surface area contributed by atoms with Gasteiger partial charge in [-0.3, -0.25) is 4.79 Å². The van der Waals surface area contributed by atoms with E-state index in [1.54, 1.807) is 43.0 Å². The molecule has 0 saturated carbocycles. The average molecular weight is 433 g/mol. The first-order chi connectivity index (χ1) is 14.5. The number of fused-ring (bicyclic) bond motifs is 1. The lowest BCUT2D eigenvalue weighted by molar-refractivity contribution is -0.137. The van der Waals surface area contributed by atoms with Gasteiger partial charge in [0.2, 0.25) is 5.91 Å². The van der Waals surface area contributed by atoms with Gasteiger partial charge in [-0.2, -0.15) is 13.2 Å². The molecule has 6 nitrogen and oxygen atoms in total. The highest BCUT2D eigenvalue weighted by Crippen LogP contribution is 2.38. The molecular weight excluding hydrogens is 411 g/mol. The Morgan fingerprint density at radius 1 is 1.16 bits per heavy atom. The van der Waals surface area contributed by atoms with Crippen molar-refractivity contribution in [3.8, 4) is 5.75 Å². The van der Waals surface area contributed by atoms with Crippen LogP contribution in [0.15, 0.2) is 55.1 Å². The number of nitrogens with zero attached hydrogens (tertiary/aromatic N) is 1. The number of amides is 3. The molecule has 0 unspecified atom stereocenters. The highest BCUT2D eigenvalue weighted by Gasteiger charge is 2.37. The second-order valence-corrected chi connectivity index (χ2v) is 7.71. The van der Waals surface area contributed by atoms with E-state index in [0.717, 1.165) is 12.1 Å². The maximum Gasteiger partial charge on any atom is 0.416 e. The Labute approximate surface area is 177 Å². The van der Waals surface area contributed by atoms with Crippen molar-refractivity contribution in [1.82, 2.24) is 0 Å². The maximum atomic E-state index is 12.8. The van der Waals surface area contributed by atoms with Gasteiger partial charge in [0.15, 0.2) is 0 Å². The van der Waals surface area contributed by atoms with Crippen LogP contribution in [0, 0.1) is 5.41 Å². The smallest absolute Gasteiger partial charge is 0.416 e. The first-order valence-corrected chi connectivity index (χ1v) is 9.46. The molecule has 1 heterocycles. The third-order valence-electron chi connectivity index (χ3n) is 4.70. The third-order valence-corrected chi connectivity index (χ3v) is 4.70. The first kappa shape index (κ1) is 22.2. The van der Waals surface area contributed by atoms with Crippen molar-refractivity contribution in [3.63, 3.8) is 0 Å². The first-order valence-electron chi connectivity index (χ1n) is 9.46. The fourth-order valence-electron chi connectivity index (χ4n) is 3.07. The molecule has 1 aliphatic heterocycles. The zero-order valence-electron chi connectivity index (χ0n) is 17.0. The Balaban J connectivity index is 1.75. The van der Waals surface area contributed by atoms with Gasteiger partial charge >= 0.3 is 12.2 Å². The Morgan fingerprint density at radius 3 is 2.39 bits per heavy atom. The van der Waals surface area contributed by atoms with Gasteiger partial charge in [0, 0.05) is 24.0 Å². The van der Waals surface area contributed by atoms with Crippen molar-refractivity contribution in [3.05, 3.63) is 60.7 Å². The van der Waals surface area contributed by atoms with E-state index in [0.29, 0.717) is 23.7 Å². The van der Waals surface area contributed by atoms with E-state index in [1.165, 1.54) is 12.1 Å². The van der Waals surface area contributed by atoms with Crippen LogP contribution in [0.3, 0.4) is 0 Å². The van der Waals surface area contributed by atoms with Crippen LogP contribution in [0.1, 0.15) is 19.4 Å². The Hall–Kier alpha value is -3.49. The van der Waals surface area contributed by atoms with Gasteiger partial charge in [0.1, 0.15) is 12.4 Å². The lowest BCUT2D eigenvalue weighted by atomic mass is 9.93. The minimum Gasteiger partial charge on any atom is -0.490 e. The van der Waals surface area contributed by atoms with Gasteiger partial charge in [-0.15, -0.1) is 6.58 Å². The fourth-order valence-corrected chi connectivity index (χ4v) is 3.07. The van der Waals surface area contributed by atoms with E-state index in [4.69, 9.17) is 4.74 Å². The molecule has 0 fully saturated rings. The standard InChI is InChI=1S/C22H22F3N3O3/c1-4-11-28-17-10-9-16(12-18(17)31-13-21(2,3)19(28)29)27-20(30)26-15-7-5-14(6-8-15)22(23,24)25/h4-10,12H,1,11,13H2,2-3H3,(H2,26,27,30). The van der Waals surface area contributed by atoms with Crippen molar-refractivity contribution in [2.45, 2.75) is 20.0 Å². The molecule has 1 aliphatic rings. The maximum absolute atomic E-state index is 12.8. The lowest BCUT2D eigenvalue weighted by Gasteiger charge is -2.27. The van der Waals surface area contributed by atoms with E-state index in [2.05, 4.69) is 17.2 Å². The number of benzene rings is 2. The van der Waals surface area contributed by atoms with Crippen molar-refractivity contribution >= 4 is 29.0 Å². The largest absolute Gasteiger partial charge is 0.490 e. The van der Waals surface area contributed by atoms with Crippen molar-refractivity contribution in [2.75, 3.05) is 28.7 Å². The number of alkyl halides is 3. The summed E-state index contributed by atoms with van der Waals surface area (Å²) in [6.45, 7) is 7.73. The molecule has 0 aromatic heterocycles. The highest BCUT2D eigenvalue weighted by molar-refractivity contribution is 6.02. The number of hydrogen-bond donors (Lipinski definition) is 2. The van der Waals surface area contributed by atoms with Gasteiger partial charge < -0.3 is 20.3 Å². The van der Waals surface area contributed by atoms with E-state index in [1.807, 2.05) is 0 Å². The normalized spacial score (nSPS) is 15.4. The molecular formula is C22H22F3N3O3. The number of anilines is 3. The number of halogens is 3. The molecule has 2 aromatic rings. The number of rotatable bonds is 4. The number of nitrogens with one attached hydrogen (secondary N) is 2. The molecule has 31 heavy (non-hydrogen) atoms. The molecule has 0 radical (unpaired) electrons. The molecule has 3 rings (SSSR count). The molecule has 164 valence electrons. The number of carbonyl (C=O) groups is 2. The van der Waals surface area contributed by atoms with Crippen molar-refractivity contribution < 1.29 is 27.5 Å². The summed E-state index contributed by atoms with van der Waals surface area (Å²) in [7, 11) is 0. The summed E-state index contributed by atoms with van der Waals surface area (Å²) in [6, 6.07) is 8.34. The van der Waals surface area contributed by atoms with Crippen LogP contribution in [-0.4, -0.2) is 25.1 Å². The number of ether oxygens (including phenoxy) is 1. The summed E-state index contributed by atoms with van der Waals surface area (Å²) in [5.41, 5.74) is -0.378. The topological polar surface area (TPSA) is 70.7 Å². The Kier molecular flexibility index (Phi) is 5.97. The summed E-state index contributed by atoms with van der Waals surface area (Å²) in [5.74, 6) is 0.319. The van der Waals surface area contributed by atoms with Crippen molar-refractivity contribution in [1.29, 1.82) is 0 Å². The van der Waals surface area contributed by atoms with Crippen LogP contribution in [0.2, 0.25) is 0 Å². The van der Waals surface area contributed by atoms with E-state index >= 15 is 0 Å². The summed E-state index contributed by atoms with van der Waals surface area (Å²) in [5, 5.41) is 5.08. The van der Waals surface area contributed by atoms with Gasteiger partial charge in [-0.25, -0.2) is 4.79 Å². The van der Waals surface area contributed by atoms with E-state index < -0.39 is 23.2 Å². The monoisotopic (exact) mass is 433 g/mol. The predicted molar refractivity (Wildman–Crippen MR) is 112 cm³/mol. The van der Waals surface area contributed by atoms with Crippen LogP contribution in [0.25, 0.3) is 0 Å². The van der Waals surface area contributed by atoms with Crippen LogP contribution >= 0.6 is 0 Å². The third kappa shape index (κ3) is 4.99. The van der Waals surface area contributed by atoms with Crippen LogP contribution in [0.5, 0.6) is 5.75 Å². The molecule has 9 heteroatoms. The molecule has 3 amide bonds. The zero-order chi connectivity index (χ0) is 22.8. The van der Waals surface area contributed by atoms with Crippen molar-refractivity contribution in [2.24, 2.45) is 5.41 Å². The lowest BCUT2D eigenvalue weighted by Crippen LogP contribution is -2.42. The van der Waals surface area contributed by atoms with E-state index in [-0.39, 0.29) is 18.2 Å². The molecule has 0 bridgehead atoms. The van der Waals surface area contributed by atoms with Crippen LogP contribution < -0.4 is 20.3 Å². The van der Waals surface area contributed by atoms with E-state index in [9.17, 15) is 22.8 Å². The molecule has 0 spiro atoms. The Bertz CT molecular complexity index is 1000. The van der Waals surface area contributed by atoms with Gasteiger partial charge in [-0.05, 0) is 50.2 Å². The second-order valence-electron chi connectivity index (χ2n) is 7.71. The number of hydrogen-bond acceptors (Lipinski definition) is 3. The second kappa shape index (κ2) is 8.33. The minimum atomic E-state index is -4.45. The number of carbonyl (C=O) groups excluding carboxylic acids is 2. The van der Waals surface area contributed by atoms with Gasteiger partial charge in [-0.1, -0.05) is 6.08 Å². The molecule has 0 saturated heterocycles. The number of urea groups is 1. The summed E-state index contributed by atoms with van der Waals surface area (Å²) in [4.78, 5) is 26.6. The SMILES string of the molecule is C=CCN1C(=O)C(C)(C)COc2cc(NC(=O)Nc3ccc(C(F)(F)F)cc3)ccc21. The van der Waals surface area contributed by atoms with Crippen LogP contribution in [-0.2, 0) is 11.0 Å². The molecule has 2 N–H and O–H groups in total. The zero-order valence-corrected chi connectivity index (χ0v) is 17.0. The average Bonchev–Trinajstić information content (AvgIpc) is 2.78. The van der Waals surface area contributed by atoms with Gasteiger partial charge in [0.25, 0.3) is 0 Å². The summed E-state index contributed by atoms with van der Waals surface area (Å²) >= 11 is 0. The van der Waals surface area contributed by atoms with Gasteiger partial charge in [0.05, 0.1) is 16.7 Å².